The molecule has 0 aromatic heterocycles. The van der Waals surface area contributed by atoms with Gasteiger partial charge in [0.15, 0.2) is 0 Å². The first kappa shape index (κ1) is 10.7. The lowest BCUT2D eigenvalue weighted by Crippen LogP contribution is -1.81. The zero-order valence-corrected chi connectivity index (χ0v) is 9.90. The van der Waals surface area contributed by atoms with E-state index in [9.17, 15) is 5.11 Å². The SMILES string of the molecule is N#Cc1cc(-c2ccc(Br)cc2)ccc1O. The second-order valence-electron chi connectivity index (χ2n) is 3.35. The number of phenols is 1. The van der Waals surface area contributed by atoms with Crippen molar-refractivity contribution >= 4 is 15.9 Å². The summed E-state index contributed by atoms with van der Waals surface area (Å²) in [7, 11) is 0. The molecule has 0 aliphatic rings. The highest BCUT2D eigenvalue weighted by atomic mass is 79.9. The van der Waals surface area contributed by atoms with Crippen LogP contribution < -0.4 is 0 Å². The summed E-state index contributed by atoms with van der Waals surface area (Å²) in [5, 5.41) is 18.2. The number of nitrogens with zero attached hydrogens (tertiary/aromatic N) is 1. The Morgan fingerprint density at radius 3 is 2.25 bits per heavy atom. The molecule has 0 aliphatic heterocycles. The molecule has 16 heavy (non-hydrogen) atoms. The van der Waals surface area contributed by atoms with E-state index in [-0.39, 0.29) is 5.75 Å². The summed E-state index contributed by atoms with van der Waals surface area (Å²) in [6, 6.07) is 14.8. The third kappa shape index (κ3) is 2.07. The molecule has 0 radical (unpaired) electrons. The minimum atomic E-state index is 0.0170. The Kier molecular flexibility index (Phi) is 2.93. The van der Waals surface area contributed by atoms with Gasteiger partial charge in [0.2, 0.25) is 0 Å². The Hall–Kier alpha value is -1.79. The lowest BCUT2D eigenvalue weighted by Gasteiger charge is -2.03. The van der Waals surface area contributed by atoms with Crippen molar-refractivity contribution in [1.82, 2.24) is 0 Å². The van der Waals surface area contributed by atoms with Crippen molar-refractivity contribution in [2.45, 2.75) is 0 Å². The molecule has 0 atom stereocenters. The van der Waals surface area contributed by atoms with Crippen LogP contribution in [0.2, 0.25) is 0 Å². The maximum Gasteiger partial charge on any atom is 0.133 e. The van der Waals surface area contributed by atoms with Crippen LogP contribution in [0, 0.1) is 11.3 Å². The quantitative estimate of drug-likeness (QED) is 0.861. The molecule has 78 valence electrons. The molecular formula is C13H8BrNO. The fourth-order valence-electron chi connectivity index (χ4n) is 1.45. The molecule has 0 aliphatic carbocycles. The van der Waals surface area contributed by atoms with Crippen LogP contribution in [0.25, 0.3) is 11.1 Å². The van der Waals surface area contributed by atoms with E-state index >= 15 is 0 Å². The van der Waals surface area contributed by atoms with E-state index in [1.165, 1.54) is 6.07 Å². The summed E-state index contributed by atoms with van der Waals surface area (Å²) in [5.74, 6) is 0.0170. The highest BCUT2D eigenvalue weighted by molar-refractivity contribution is 9.10. The number of rotatable bonds is 1. The summed E-state index contributed by atoms with van der Waals surface area (Å²) in [5.41, 5.74) is 2.22. The average Bonchev–Trinajstić information content (AvgIpc) is 2.31. The van der Waals surface area contributed by atoms with Gasteiger partial charge in [0, 0.05) is 4.47 Å². The van der Waals surface area contributed by atoms with Crippen LogP contribution >= 0.6 is 15.9 Å². The normalized spacial score (nSPS) is 9.75. The molecule has 2 rings (SSSR count). The first-order valence-corrected chi connectivity index (χ1v) is 5.49. The van der Waals surface area contributed by atoms with E-state index in [4.69, 9.17) is 5.26 Å². The Morgan fingerprint density at radius 1 is 1.00 bits per heavy atom. The van der Waals surface area contributed by atoms with Crippen LogP contribution in [0.5, 0.6) is 5.75 Å². The topological polar surface area (TPSA) is 44.0 Å². The van der Waals surface area contributed by atoms with Gasteiger partial charge in [0.1, 0.15) is 11.8 Å². The summed E-state index contributed by atoms with van der Waals surface area (Å²) in [4.78, 5) is 0. The third-order valence-corrected chi connectivity index (χ3v) is 2.82. The predicted octanol–water partition coefficient (Wildman–Crippen LogP) is 3.69. The lowest BCUT2D eigenvalue weighted by atomic mass is 10.0. The van der Waals surface area contributed by atoms with Gasteiger partial charge in [-0.3, -0.25) is 0 Å². The highest BCUT2D eigenvalue weighted by Gasteiger charge is 2.03. The zero-order valence-electron chi connectivity index (χ0n) is 8.31. The van der Waals surface area contributed by atoms with Crippen LogP contribution in [-0.4, -0.2) is 5.11 Å². The van der Waals surface area contributed by atoms with Crippen molar-refractivity contribution in [3.05, 3.63) is 52.5 Å². The van der Waals surface area contributed by atoms with Gasteiger partial charge in [-0.05, 0) is 35.4 Å². The molecule has 0 bridgehead atoms. The highest BCUT2D eigenvalue weighted by Crippen LogP contribution is 2.26. The number of hydrogen-bond donors (Lipinski definition) is 1. The molecule has 2 aromatic rings. The summed E-state index contributed by atoms with van der Waals surface area (Å²) >= 11 is 3.37. The zero-order chi connectivity index (χ0) is 11.5. The maximum atomic E-state index is 9.40. The van der Waals surface area contributed by atoms with Gasteiger partial charge < -0.3 is 5.11 Å². The summed E-state index contributed by atoms with van der Waals surface area (Å²) < 4.78 is 1.01. The molecule has 0 spiro atoms. The van der Waals surface area contributed by atoms with Crippen molar-refractivity contribution in [1.29, 1.82) is 5.26 Å². The van der Waals surface area contributed by atoms with Gasteiger partial charge in [-0.25, -0.2) is 0 Å². The molecule has 0 heterocycles. The van der Waals surface area contributed by atoms with Crippen molar-refractivity contribution in [2.75, 3.05) is 0 Å². The number of benzene rings is 2. The first-order valence-electron chi connectivity index (χ1n) is 4.70. The minimum Gasteiger partial charge on any atom is -0.507 e. The van der Waals surface area contributed by atoms with Gasteiger partial charge in [-0.2, -0.15) is 5.26 Å². The number of aromatic hydroxyl groups is 1. The Balaban J connectivity index is 2.49. The number of hydrogen-bond acceptors (Lipinski definition) is 2. The van der Waals surface area contributed by atoms with Crippen molar-refractivity contribution in [3.8, 4) is 22.9 Å². The molecular weight excluding hydrogens is 266 g/mol. The van der Waals surface area contributed by atoms with E-state index in [1.807, 2.05) is 30.3 Å². The monoisotopic (exact) mass is 273 g/mol. The predicted molar refractivity (Wildman–Crippen MR) is 66.0 cm³/mol. The van der Waals surface area contributed by atoms with Gasteiger partial charge >= 0.3 is 0 Å². The van der Waals surface area contributed by atoms with E-state index in [0.717, 1.165) is 15.6 Å². The molecule has 1 N–H and O–H groups in total. The second kappa shape index (κ2) is 4.38. The Labute approximate surface area is 102 Å². The molecule has 0 unspecified atom stereocenters. The lowest BCUT2D eigenvalue weighted by molar-refractivity contribution is 0.473. The van der Waals surface area contributed by atoms with E-state index < -0.39 is 0 Å². The van der Waals surface area contributed by atoms with Crippen LogP contribution in [-0.2, 0) is 0 Å². The minimum absolute atomic E-state index is 0.0170. The summed E-state index contributed by atoms with van der Waals surface area (Å²) in [6.45, 7) is 0. The fourth-order valence-corrected chi connectivity index (χ4v) is 1.71. The van der Waals surface area contributed by atoms with Gasteiger partial charge in [0.05, 0.1) is 5.56 Å². The standard InChI is InChI=1S/C13H8BrNO/c14-12-4-1-9(2-5-12)10-3-6-13(16)11(7-10)8-15/h1-7,16H. The molecule has 0 saturated heterocycles. The third-order valence-electron chi connectivity index (χ3n) is 2.29. The smallest absolute Gasteiger partial charge is 0.133 e. The maximum absolute atomic E-state index is 9.40. The molecule has 2 aromatic carbocycles. The second-order valence-corrected chi connectivity index (χ2v) is 4.27. The molecule has 0 amide bonds. The van der Waals surface area contributed by atoms with E-state index in [1.54, 1.807) is 12.1 Å². The molecule has 0 saturated carbocycles. The van der Waals surface area contributed by atoms with Gasteiger partial charge in [-0.1, -0.05) is 34.1 Å². The Morgan fingerprint density at radius 2 is 1.62 bits per heavy atom. The largest absolute Gasteiger partial charge is 0.507 e. The fraction of sp³-hybridized carbons (Fsp3) is 0. The molecule has 3 heteroatoms. The van der Waals surface area contributed by atoms with Crippen LogP contribution in [0.4, 0.5) is 0 Å². The van der Waals surface area contributed by atoms with Crippen molar-refractivity contribution < 1.29 is 5.11 Å². The van der Waals surface area contributed by atoms with Crippen LogP contribution in [0.15, 0.2) is 46.9 Å². The molecule has 0 fully saturated rings. The van der Waals surface area contributed by atoms with Crippen LogP contribution in [0.1, 0.15) is 5.56 Å². The van der Waals surface area contributed by atoms with Crippen molar-refractivity contribution in [3.63, 3.8) is 0 Å². The van der Waals surface area contributed by atoms with E-state index in [0.29, 0.717) is 5.56 Å². The number of nitriles is 1. The van der Waals surface area contributed by atoms with Gasteiger partial charge in [-0.15, -0.1) is 0 Å². The summed E-state index contributed by atoms with van der Waals surface area (Å²) in [6.07, 6.45) is 0. The average molecular weight is 274 g/mol. The Bertz CT molecular complexity index is 555. The van der Waals surface area contributed by atoms with Crippen LogP contribution in [0.3, 0.4) is 0 Å². The first-order chi connectivity index (χ1) is 7.70. The molecule has 2 nitrogen and oxygen atoms in total. The van der Waals surface area contributed by atoms with E-state index in [2.05, 4.69) is 15.9 Å². The number of halogens is 1. The number of phenolic OH excluding ortho intramolecular Hbond substituents is 1. The van der Waals surface area contributed by atoms with Crippen molar-refractivity contribution in [2.24, 2.45) is 0 Å². The van der Waals surface area contributed by atoms with Gasteiger partial charge in [0.25, 0.3) is 0 Å².